The van der Waals surface area contributed by atoms with Gasteiger partial charge in [-0.15, -0.1) is 0 Å². The average molecular weight is 450 g/mol. The van der Waals surface area contributed by atoms with Gasteiger partial charge in [-0.3, -0.25) is 0 Å². The van der Waals surface area contributed by atoms with Gasteiger partial charge in [-0.2, -0.15) is 8.42 Å². The summed E-state index contributed by atoms with van der Waals surface area (Å²) in [5.41, 5.74) is 2.95. The van der Waals surface area contributed by atoms with E-state index in [4.69, 9.17) is 18.6 Å². The van der Waals surface area contributed by atoms with Crippen molar-refractivity contribution in [2.45, 2.75) is 25.7 Å². The van der Waals surface area contributed by atoms with E-state index in [0.717, 1.165) is 29.7 Å². The first-order valence-electron chi connectivity index (χ1n) is 10.3. The van der Waals surface area contributed by atoms with Gasteiger partial charge in [0.25, 0.3) is 0 Å². The van der Waals surface area contributed by atoms with Crippen LogP contribution in [-0.2, 0) is 14.6 Å². The third-order valence-corrected chi connectivity index (χ3v) is 5.45. The van der Waals surface area contributed by atoms with Crippen LogP contribution in [0.4, 0.5) is 5.69 Å². The molecule has 0 saturated heterocycles. The normalized spacial score (nSPS) is 11.7. The van der Waals surface area contributed by atoms with E-state index in [9.17, 15) is 8.42 Å². The molecule has 0 aromatic heterocycles. The number of aliphatic hydroxyl groups excluding tert-OH is 2. The third-order valence-electron chi connectivity index (χ3n) is 4.60. The highest BCUT2D eigenvalue weighted by Gasteiger charge is 2.13. The van der Waals surface area contributed by atoms with Crippen molar-refractivity contribution in [3.8, 4) is 5.75 Å². The van der Waals surface area contributed by atoms with Gasteiger partial charge in [-0.05, 0) is 48.2 Å². The first-order chi connectivity index (χ1) is 14.9. The minimum atomic E-state index is -4.10. The van der Waals surface area contributed by atoms with Crippen molar-refractivity contribution in [3.05, 3.63) is 59.7 Å². The smallest absolute Gasteiger partial charge is 0.396 e. The van der Waals surface area contributed by atoms with Crippen LogP contribution in [0.5, 0.6) is 5.75 Å². The number of likely N-dealkylation sites (N-methyl/N-ethyl adjacent to an activating group) is 1. The summed E-state index contributed by atoms with van der Waals surface area (Å²) >= 11 is 0. The van der Waals surface area contributed by atoms with Crippen LogP contribution < -0.4 is 9.08 Å². The molecule has 0 fully saturated rings. The topological polar surface area (TPSA) is 96.3 Å². The maximum Gasteiger partial charge on any atom is 0.449 e. The molecule has 0 radical (unpaired) electrons. The first kappa shape index (κ1) is 24.9. The van der Waals surface area contributed by atoms with Crippen LogP contribution in [0, 0.1) is 0 Å². The van der Waals surface area contributed by atoms with Crippen LogP contribution in [0.15, 0.2) is 48.5 Å². The summed E-state index contributed by atoms with van der Waals surface area (Å²) in [5.74, 6) is 0.189. The molecule has 2 rings (SSSR count). The molecule has 2 aromatic rings. The van der Waals surface area contributed by atoms with Crippen LogP contribution in [0.25, 0.3) is 12.2 Å². The molecule has 0 saturated carbocycles. The Balaban J connectivity index is 1.84. The number of hydrogen-bond acceptors (Lipinski definition) is 7. The van der Waals surface area contributed by atoms with Crippen molar-refractivity contribution in [1.82, 2.24) is 0 Å². The van der Waals surface area contributed by atoms with E-state index in [1.54, 1.807) is 24.3 Å². The van der Waals surface area contributed by atoms with Gasteiger partial charge < -0.3 is 19.3 Å². The standard InChI is InChI=1S/C23H31NO6S/c1-24(16-18-26)22-12-8-20(9-13-22)6-7-21-10-14-23(15-11-21)30-31(27,28)29-19-5-3-2-4-17-25/h6-15,25-26H,2-5,16-19H2,1H3/b7-6+. The van der Waals surface area contributed by atoms with E-state index < -0.39 is 10.4 Å². The summed E-state index contributed by atoms with van der Waals surface area (Å²) in [7, 11) is -2.17. The predicted molar refractivity (Wildman–Crippen MR) is 123 cm³/mol. The summed E-state index contributed by atoms with van der Waals surface area (Å²) in [4.78, 5) is 1.97. The second-order valence-corrected chi connectivity index (χ2v) is 8.31. The molecule has 7 nitrogen and oxygen atoms in total. The minimum absolute atomic E-state index is 0.0587. The zero-order chi connectivity index (χ0) is 22.5. The quantitative estimate of drug-likeness (QED) is 0.337. The SMILES string of the molecule is CN(CCO)c1ccc(/C=C/c2ccc(OS(=O)(=O)OCCCCCCO)cc2)cc1. The molecule has 31 heavy (non-hydrogen) atoms. The van der Waals surface area contributed by atoms with Crippen molar-refractivity contribution in [2.75, 3.05) is 38.3 Å². The van der Waals surface area contributed by atoms with Gasteiger partial charge >= 0.3 is 10.4 Å². The summed E-state index contributed by atoms with van der Waals surface area (Å²) < 4.78 is 33.6. The fourth-order valence-corrected chi connectivity index (χ4v) is 3.53. The monoisotopic (exact) mass is 449 g/mol. The maximum absolute atomic E-state index is 11.9. The van der Waals surface area contributed by atoms with Crippen LogP contribution in [0.3, 0.4) is 0 Å². The lowest BCUT2D eigenvalue weighted by molar-refractivity contribution is 0.257. The van der Waals surface area contributed by atoms with Crippen molar-refractivity contribution >= 4 is 28.2 Å². The van der Waals surface area contributed by atoms with Gasteiger partial charge in [-0.1, -0.05) is 49.3 Å². The van der Waals surface area contributed by atoms with Crippen LogP contribution in [0.2, 0.25) is 0 Å². The van der Waals surface area contributed by atoms with Crippen LogP contribution in [0.1, 0.15) is 36.8 Å². The highest BCUT2D eigenvalue weighted by Crippen LogP contribution is 2.18. The fraction of sp³-hybridized carbons (Fsp3) is 0.391. The van der Waals surface area contributed by atoms with Gasteiger partial charge in [0.05, 0.1) is 13.2 Å². The van der Waals surface area contributed by atoms with E-state index in [0.29, 0.717) is 19.4 Å². The Kier molecular flexibility index (Phi) is 10.5. The van der Waals surface area contributed by atoms with Crippen LogP contribution >= 0.6 is 0 Å². The lowest BCUT2D eigenvalue weighted by Crippen LogP contribution is -2.20. The molecule has 2 aromatic carbocycles. The molecule has 0 aliphatic heterocycles. The second-order valence-electron chi connectivity index (χ2n) is 7.09. The minimum Gasteiger partial charge on any atom is -0.396 e. The molecule has 0 heterocycles. The number of anilines is 1. The molecule has 2 N–H and O–H groups in total. The van der Waals surface area contributed by atoms with Crippen molar-refractivity contribution in [1.29, 1.82) is 0 Å². The fourth-order valence-electron chi connectivity index (χ4n) is 2.82. The Morgan fingerprint density at radius 1 is 0.839 bits per heavy atom. The number of rotatable bonds is 14. The van der Waals surface area contributed by atoms with Gasteiger partial charge in [0.15, 0.2) is 0 Å². The van der Waals surface area contributed by atoms with E-state index >= 15 is 0 Å². The Morgan fingerprint density at radius 3 is 2.00 bits per heavy atom. The first-order valence-corrected chi connectivity index (χ1v) is 11.7. The molecule has 0 amide bonds. The number of benzene rings is 2. The van der Waals surface area contributed by atoms with E-state index in [1.165, 1.54) is 0 Å². The zero-order valence-corrected chi connectivity index (χ0v) is 18.6. The predicted octanol–water partition coefficient (Wildman–Crippen LogP) is 3.48. The average Bonchev–Trinajstić information content (AvgIpc) is 2.76. The lowest BCUT2D eigenvalue weighted by Gasteiger charge is -2.17. The van der Waals surface area contributed by atoms with Crippen molar-refractivity contribution in [3.63, 3.8) is 0 Å². The zero-order valence-electron chi connectivity index (χ0n) is 17.8. The second kappa shape index (κ2) is 13.1. The number of unbranched alkanes of at least 4 members (excludes halogenated alkanes) is 3. The Labute approximate surface area is 184 Å². The van der Waals surface area contributed by atoms with Gasteiger partial charge in [-0.25, -0.2) is 4.18 Å². The Morgan fingerprint density at radius 2 is 1.42 bits per heavy atom. The maximum atomic E-state index is 11.9. The number of aliphatic hydroxyl groups is 2. The molecule has 0 spiro atoms. The van der Waals surface area contributed by atoms with Crippen LogP contribution in [-0.4, -0.2) is 52.0 Å². The van der Waals surface area contributed by atoms with Gasteiger partial charge in [0.1, 0.15) is 5.75 Å². The third kappa shape index (κ3) is 9.52. The molecule has 0 atom stereocenters. The number of hydrogen-bond donors (Lipinski definition) is 2. The van der Waals surface area contributed by atoms with E-state index in [1.807, 2.05) is 48.4 Å². The molecule has 8 heteroatoms. The highest BCUT2D eigenvalue weighted by atomic mass is 32.3. The van der Waals surface area contributed by atoms with Gasteiger partial charge in [0.2, 0.25) is 0 Å². The lowest BCUT2D eigenvalue weighted by atomic mass is 10.1. The molecule has 0 aliphatic rings. The van der Waals surface area contributed by atoms with Crippen molar-refractivity contribution < 1.29 is 27.0 Å². The number of nitrogens with zero attached hydrogens (tertiary/aromatic N) is 1. The molecule has 0 bridgehead atoms. The van der Waals surface area contributed by atoms with Gasteiger partial charge in [0, 0.05) is 25.9 Å². The highest BCUT2D eigenvalue weighted by molar-refractivity contribution is 7.82. The van der Waals surface area contributed by atoms with Crippen molar-refractivity contribution in [2.24, 2.45) is 0 Å². The Hall–Kier alpha value is -2.39. The molecule has 170 valence electrons. The molecule has 0 aliphatic carbocycles. The molecular weight excluding hydrogens is 418 g/mol. The summed E-state index contributed by atoms with van der Waals surface area (Å²) in [5, 5.41) is 17.7. The summed E-state index contributed by atoms with van der Waals surface area (Å²) in [6.45, 7) is 0.887. The Bertz CT molecular complexity index is 895. The summed E-state index contributed by atoms with van der Waals surface area (Å²) in [6, 6.07) is 14.6. The van der Waals surface area contributed by atoms with E-state index in [-0.39, 0.29) is 25.6 Å². The molecular formula is C23H31NO6S. The summed E-state index contributed by atoms with van der Waals surface area (Å²) in [6.07, 6.45) is 6.80. The van der Waals surface area contributed by atoms with E-state index in [2.05, 4.69) is 0 Å². The molecule has 0 unspecified atom stereocenters. The largest absolute Gasteiger partial charge is 0.449 e.